The fourth-order valence-corrected chi connectivity index (χ4v) is 3.95. The van der Waals surface area contributed by atoms with Crippen LogP contribution in [0.2, 0.25) is 0 Å². The molecular formula is C22H40O4. The van der Waals surface area contributed by atoms with Crippen LogP contribution >= 0.6 is 0 Å². The standard InChI is InChI=1S/C22H40O4/c1-4-5-16-22(2,3)20(24)15-13-17-12-14-19(23)18(17)10-8-6-7-9-11-21(25)26/h13,18-20,23-24H,4-12,14-16H2,1-3H3,(H,25,26)/t18-,19+,20?/m1/s1. The minimum absolute atomic E-state index is 0.0655. The molecule has 0 radical (unpaired) electrons. The van der Waals surface area contributed by atoms with Crippen LogP contribution in [0.5, 0.6) is 0 Å². The highest BCUT2D eigenvalue weighted by Crippen LogP contribution is 2.37. The van der Waals surface area contributed by atoms with Crippen LogP contribution in [0.3, 0.4) is 0 Å². The van der Waals surface area contributed by atoms with Gasteiger partial charge in [-0.05, 0) is 43.9 Å². The molecule has 0 spiro atoms. The maximum atomic E-state index is 10.6. The van der Waals surface area contributed by atoms with Crippen molar-refractivity contribution in [3.05, 3.63) is 11.6 Å². The molecule has 0 aromatic rings. The van der Waals surface area contributed by atoms with Crippen molar-refractivity contribution < 1.29 is 20.1 Å². The molecule has 0 amide bonds. The van der Waals surface area contributed by atoms with Gasteiger partial charge in [-0.1, -0.05) is 64.5 Å². The Morgan fingerprint density at radius 2 is 1.92 bits per heavy atom. The Labute approximate surface area is 159 Å². The van der Waals surface area contributed by atoms with Crippen LogP contribution in [0.25, 0.3) is 0 Å². The molecule has 1 aliphatic rings. The fourth-order valence-electron chi connectivity index (χ4n) is 3.95. The first kappa shape index (κ1) is 23.2. The molecule has 152 valence electrons. The van der Waals surface area contributed by atoms with E-state index in [4.69, 9.17) is 5.11 Å². The lowest BCUT2D eigenvalue weighted by Crippen LogP contribution is -2.29. The summed E-state index contributed by atoms with van der Waals surface area (Å²) in [6, 6.07) is 0. The molecule has 1 aliphatic carbocycles. The molecule has 0 saturated heterocycles. The summed E-state index contributed by atoms with van der Waals surface area (Å²) >= 11 is 0. The van der Waals surface area contributed by atoms with Crippen molar-refractivity contribution in [2.75, 3.05) is 0 Å². The number of carboxylic acids is 1. The highest BCUT2D eigenvalue weighted by atomic mass is 16.4. The highest BCUT2D eigenvalue weighted by Gasteiger charge is 2.31. The molecule has 3 atom stereocenters. The number of carboxylic acid groups (broad SMARTS) is 1. The van der Waals surface area contributed by atoms with Crippen LogP contribution in [0.1, 0.15) is 97.8 Å². The predicted molar refractivity (Wildman–Crippen MR) is 106 cm³/mol. The van der Waals surface area contributed by atoms with Crippen molar-refractivity contribution in [2.24, 2.45) is 11.3 Å². The van der Waals surface area contributed by atoms with Crippen LogP contribution < -0.4 is 0 Å². The molecule has 26 heavy (non-hydrogen) atoms. The first-order valence-electron chi connectivity index (χ1n) is 10.5. The first-order chi connectivity index (χ1) is 12.3. The van der Waals surface area contributed by atoms with Crippen molar-refractivity contribution in [3.63, 3.8) is 0 Å². The van der Waals surface area contributed by atoms with E-state index in [1.165, 1.54) is 5.57 Å². The zero-order chi connectivity index (χ0) is 19.6. The SMILES string of the molecule is CCCCC(C)(C)C(O)CC=C1CC[C@H](O)[C@@H]1CCCCCCC(=O)O. The third-order valence-electron chi connectivity index (χ3n) is 6.01. The zero-order valence-electron chi connectivity index (χ0n) is 17.0. The van der Waals surface area contributed by atoms with Gasteiger partial charge in [-0.25, -0.2) is 0 Å². The molecule has 0 aromatic carbocycles. The van der Waals surface area contributed by atoms with Gasteiger partial charge in [0, 0.05) is 12.3 Å². The smallest absolute Gasteiger partial charge is 0.303 e. The Kier molecular flexibility index (Phi) is 10.5. The van der Waals surface area contributed by atoms with Gasteiger partial charge in [0.2, 0.25) is 0 Å². The molecule has 1 saturated carbocycles. The Morgan fingerprint density at radius 3 is 2.58 bits per heavy atom. The van der Waals surface area contributed by atoms with Crippen LogP contribution in [-0.4, -0.2) is 33.5 Å². The highest BCUT2D eigenvalue weighted by molar-refractivity contribution is 5.66. The molecule has 4 nitrogen and oxygen atoms in total. The number of hydrogen-bond donors (Lipinski definition) is 3. The molecule has 0 aromatic heterocycles. The first-order valence-corrected chi connectivity index (χ1v) is 10.5. The summed E-state index contributed by atoms with van der Waals surface area (Å²) in [4.78, 5) is 10.5. The lowest BCUT2D eigenvalue weighted by Gasteiger charge is -2.30. The van der Waals surface area contributed by atoms with Gasteiger partial charge in [0.25, 0.3) is 0 Å². The fraction of sp³-hybridized carbons (Fsp3) is 0.864. The average molecular weight is 369 g/mol. The Hall–Kier alpha value is -0.870. The van der Waals surface area contributed by atoms with Crippen molar-refractivity contribution in [1.29, 1.82) is 0 Å². The molecule has 3 N–H and O–H groups in total. The predicted octanol–water partition coefficient (Wildman–Crippen LogP) is 5.08. The minimum atomic E-state index is -0.721. The molecule has 0 heterocycles. The summed E-state index contributed by atoms with van der Waals surface area (Å²) in [5.41, 5.74) is 1.25. The second kappa shape index (κ2) is 11.8. The van der Waals surface area contributed by atoms with Crippen molar-refractivity contribution in [2.45, 2.75) is 110 Å². The monoisotopic (exact) mass is 368 g/mol. The van der Waals surface area contributed by atoms with E-state index in [0.717, 1.165) is 64.2 Å². The Balaban J connectivity index is 2.43. The summed E-state index contributed by atoms with van der Waals surface area (Å²) in [5, 5.41) is 29.5. The Morgan fingerprint density at radius 1 is 1.23 bits per heavy atom. The molecule has 0 bridgehead atoms. The number of unbranched alkanes of at least 4 members (excludes halogenated alkanes) is 4. The van der Waals surface area contributed by atoms with E-state index in [1.54, 1.807) is 0 Å². The van der Waals surface area contributed by atoms with E-state index >= 15 is 0 Å². The van der Waals surface area contributed by atoms with E-state index in [9.17, 15) is 15.0 Å². The third-order valence-corrected chi connectivity index (χ3v) is 6.01. The van der Waals surface area contributed by atoms with Gasteiger partial charge in [-0.15, -0.1) is 0 Å². The van der Waals surface area contributed by atoms with E-state index in [0.29, 0.717) is 6.42 Å². The van der Waals surface area contributed by atoms with E-state index in [1.807, 2.05) is 0 Å². The molecule has 1 fully saturated rings. The van der Waals surface area contributed by atoms with Crippen LogP contribution in [0.4, 0.5) is 0 Å². The quantitative estimate of drug-likeness (QED) is 0.313. The number of rotatable bonds is 13. The molecule has 1 rings (SSSR count). The Bertz CT molecular complexity index is 441. The van der Waals surface area contributed by atoms with Crippen LogP contribution in [0.15, 0.2) is 11.6 Å². The van der Waals surface area contributed by atoms with Crippen LogP contribution in [0, 0.1) is 11.3 Å². The van der Waals surface area contributed by atoms with Gasteiger partial charge in [0.1, 0.15) is 0 Å². The lowest BCUT2D eigenvalue weighted by molar-refractivity contribution is -0.137. The van der Waals surface area contributed by atoms with Crippen LogP contribution in [-0.2, 0) is 4.79 Å². The summed E-state index contributed by atoms with van der Waals surface area (Å²) in [7, 11) is 0. The summed E-state index contributed by atoms with van der Waals surface area (Å²) < 4.78 is 0. The van der Waals surface area contributed by atoms with Gasteiger partial charge in [0.05, 0.1) is 12.2 Å². The maximum absolute atomic E-state index is 10.6. The molecule has 1 unspecified atom stereocenters. The number of carbonyl (C=O) groups is 1. The minimum Gasteiger partial charge on any atom is -0.481 e. The van der Waals surface area contributed by atoms with Crippen molar-refractivity contribution in [3.8, 4) is 0 Å². The average Bonchev–Trinajstić information content (AvgIpc) is 2.93. The van der Waals surface area contributed by atoms with Gasteiger partial charge in [0.15, 0.2) is 0 Å². The number of hydrogen-bond acceptors (Lipinski definition) is 3. The number of aliphatic carboxylic acids is 1. The van der Waals surface area contributed by atoms with Crippen molar-refractivity contribution >= 4 is 5.97 Å². The second-order valence-electron chi connectivity index (χ2n) is 8.68. The molecule has 0 aliphatic heterocycles. The normalized spacial score (nSPS) is 23.5. The van der Waals surface area contributed by atoms with E-state index in [-0.39, 0.29) is 30.0 Å². The summed E-state index contributed by atoms with van der Waals surface area (Å²) in [6.45, 7) is 6.46. The number of aliphatic hydroxyl groups excluding tert-OH is 2. The zero-order valence-corrected chi connectivity index (χ0v) is 17.0. The van der Waals surface area contributed by atoms with Gasteiger partial charge >= 0.3 is 5.97 Å². The third kappa shape index (κ3) is 8.22. The lowest BCUT2D eigenvalue weighted by atomic mass is 9.79. The van der Waals surface area contributed by atoms with E-state index in [2.05, 4.69) is 26.8 Å². The molecular weight excluding hydrogens is 328 g/mol. The van der Waals surface area contributed by atoms with Crippen molar-refractivity contribution in [1.82, 2.24) is 0 Å². The van der Waals surface area contributed by atoms with Gasteiger partial charge < -0.3 is 15.3 Å². The van der Waals surface area contributed by atoms with Gasteiger partial charge in [-0.3, -0.25) is 4.79 Å². The second-order valence-corrected chi connectivity index (χ2v) is 8.68. The van der Waals surface area contributed by atoms with E-state index < -0.39 is 5.97 Å². The summed E-state index contributed by atoms with van der Waals surface area (Å²) in [6.07, 6.45) is 12.3. The van der Waals surface area contributed by atoms with Gasteiger partial charge in [-0.2, -0.15) is 0 Å². The topological polar surface area (TPSA) is 77.8 Å². The maximum Gasteiger partial charge on any atom is 0.303 e. The number of aliphatic hydroxyl groups is 2. The largest absolute Gasteiger partial charge is 0.481 e. The molecule has 4 heteroatoms. The summed E-state index contributed by atoms with van der Waals surface area (Å²) in [5.74, 6) is -0.498.